The van der Waals surface area contributed by atoms with Gasteiger partial charge in [-0.3, -0.25) is 10.2 Å². The fourth-order valence-electron chi connectivity index (χ4n) is 0.877. The molecule has 1 fully saturated rings. The van der Waals surface area contributed by atoms with Crippen LogP contribution in [0.1, 0.15) is 12.8 Å². The molecule has 1 amide bonds. The zero-order chi connectivity index (χ0) is 6.69. The van der Waals surface area contributed by atoms with Crippen LogP contribution >= 0.6 is 12.4 Å². The first-order valence-corrected chi connectivity index (χ1v) is 2.96. The average molecular weight is 167 g/mol. The zero-order valence-corrected chi connectivity index (χ0v) is 6.32. The molecule has 0 spiro atoms. The Morgan fingerprint density at radius 1 is 1.70 bits per heavy atom. The van der Waals surface area contributed by atoms with Crippen LogP contribution in [0.4, 0.5) is 0 Å². The summed E-state index contributed by atoms with van der Waals surface area (Å²) in [6.45, 7) is 0.679. The van der Waals surface area contributed by atoms with Crippen LogP contribution in [0.2, 0.25) is 0 Å². The van der Waals surface area contributed by atoms with Crippen molar-refractivity contribution in [2.75, 3.05) is 6.61 Å². The third kappa shape index (κ3) is 2.13. The Hall–Kier alpha value is -0.320. The van der Waals surface area contributed by atoms with Gasteiger partial charge in [0.05, 0.1) is 0 Å². The lowest BCUT2D eigenvalue weighted by molar-refractivity contribution is -0.130. The third-order valence-corrected chi connectivity index (χ3v) is 1.36. The lowest BCUT2D eigenvalue weighted by Gasteiger charge is -2.04. The normalized spacial score (nSPS) is 23.5. The van der Waals surface area contributed by atoms with Crippen LogP contribution in [0, 0.1) is 0 Å². The molecule has 1 atom stereocenters. The van der Waals surface area contributed by atoms with Gasteiger partial charge in [0.25, 0.3) is 5.91 Å². The van der Waals surface area contributed by atoms with Gasteiger partial charge in [0.15, 0.2) is 0 Å². The second-order valence-corrected chi connectivity index (χ2v) is 2.01. The first kappa shape index (κ1) is 9.68. The monoisotopic (exact) mass is 166 g/mol. The zero-order valence-electron chi connectivity index (χ0n) is 5.50. The summed E-state index contributed by atoms with van der Waals surface area (Å²) in [5.41, 5.74) is 2.04. The highest BCUT2D eigenvalue weighted by atomic mass is 35.5. The van der Waals surface area contributed by atoms with Crippen molar-refractivity contribution in [3.63, 3.8) is 0 Å². The molecule has 3 N–H and O–H groups in total. The van der Waals surface area contributed by atoms with Crippen LogP contribution < -0.4 is 11.3 Å². The van der Waals surface area contributed by atoms with E-state index in [4.69, 9.17) is 10.6 Å². The van der Waals surface area contributed by atoms with Gasteiger partial charge in [-0.1, -0.05) is 0 Å². The molecule has 4 nitrogen and oxygen atoms in total. The van der Waals surface area contributed by atoms with Crippen LogP contribution in [-0.2, 0) is 9.53 Å². The summed E-state index contributed by atoms with van der Waals surface area (Å²) in [5.74, 6) is 4.66. The lowest BCUT2D eigenvalue weighted by Crippen LogP contribution is -2.38. The van der Waals surface area contributed by atoms with Gasteiger partial charge in [-0.25, -0.2) is 5.84 Å². The molecule has 1 aliphatic heterocycles. The highest BCUT2D eigenvalue weighted by Crippen LogP contribution is 2.10. The fourth-order valence-corrected chi connectivity index (χ4v) is 0.877. The van der Waals surface area contributed by atoms with E-state index in [1.54, 1.807) is 0 Å². The number of nitrogens with one attached hydrogen (secondary N) is 1. The minimum absolute atomic E-state index is 0. The van der Waals surface area contributed by atoms with Crippen molar-refractivity contribution in [2.24, 2.45) is 5.84 Å². The quantitative estimate of drug-likeness (QED) is 0.316. The van der Waals surface area contributed by atoms with E-state index in [9.17, 15) is 4.79 Å². The molecule has 0 aromatic rings. The van der Waals surface area contributed by atoms with Gasteiger partial charge >= 0.3 is 0 Å². The van der Waals surface area contributed by atoms with Gasteiger partial charge in [0, 0.05) is 6.61 Å². The number of halogens is 1. The number of carbonyl (C=O) groups is 1. The van der Waals surface area contributed by atoms with Crippen molar-refractivity contribution in [3.05, 3.63) is 0 Å². The summed E-state index contributed by atoms with van der Waals surface area (Å²) in [6, 6.07) is 0. The van der Waals surface area contributed by atoms with Crippen molar-refractivity contribution < 1.29 is 9.53 Å². The van der Waals surface area contributed by atoms with Crippen LogP contribution in [0.15, 0.2) is 0 Å². The molecule has 5 heteroatoms. The Morgan fingerprint density at radius 3 is 2.80 bits per heavy atom. The molecule has 1 rings (SSSR count). The number of hydrogen-bond acceptors (Lipinski definition) is 3. The number of hydrogen-bond donors (Lipinski definition) is 2. The molecule has 0 aliphatic carbocycles. The molecule has 1 heterocycles. The molecule has 1 saturated heterocycles. The summed E-state index contributed by atoms with van der Waals surface area (Å²) < 4.78 is 5.01. The first-order chi connectivity index (χ1) is 4.34. The molecule has 1 unspecified atom stereocenters. The summed E-state index contributed by atoms with van der Waals surface area (Å²) in [4.78, 5) is 10.7. The van der Waals surface area contributed by atoms with Gasteiger partial charge in [0.2, 0.25) is 0 Å². The molecule has 60 valence electrons. The number of nitrogens with two attached hydrogens (primary N) is 1. The number of hydrazine groups is 1. The molecule has 0 aromatic carbocycles. The smallest absolute Gasteiger partial charge is 0.262 e. The molecule has 0 bridgehead atoms. The van der Waals surface area contributed by atoms with E-state index in [1.165, 1.54) is 0 Å². The number of rotatable bonds is 1. The summed E-state index contributed by atoms with van der Waals surface area (Å²) in [6.07, 6.45) is 1.45. The SMILES string of the molecule is Cl.NNC(=O)C1CCCO1. The summed E-state index contributed by atoms with van der Waals surface area (Å²) >= 11 is 0. The number of carbonyl (C=O) groups excluding carboxylic acids is 1. The van der Waals surface area contributed by atoms with Crippen LogP contribution in [0.5, 0.6) is 0 Å². The lowest BCUT2D eigenvalue weighted by atomic mass is 10.2. The molecule has 0 saturated carbocycles. The van der Waals surface area contributed by atoms with Crippen LogP contribution in [-0.4, -0.2) is 18.6 Å². The molecular weight excluding hydrogens is 156 g/mol. The van der Waals surface area contributed by atoms with Crippen molar-refractivity contribution in [1.82, 2.24) is 5.43 Å². The Balaban J connectivity index is 0.000000810. The van der Waals surface area contributed by atoms with Crippen LogP contribution in [0.3, 0.4) is 0 Å². The van der Waals surface area contributed by atoms with E-state index in [2.05, 4.69) is 0 Å². The second-order valence-electron chi connectivity index (χ2n) is 2.01. The number of ether oxygens (including phenoxy) is 1. The van der Waals surface area contributed by atoms with Crippen molar-refractivity contribution >= 4 is 18.3 Å². The maximum Gasteiger partial charge on any atom is 0.262 e. The van der Waals surface area contributed by atoms with Gasteiger partial charge in [0.1, 0.15) is 6.10 Å². The largest absolute Gasteiger partial charge is 0.368 e. The predicted molar refractivity (Wildman–Crippen MR) is 38.6 cm³/mol. The molecule has 1 aliphatic rings. The Kier molecular flexibility index (Phi) is 4.34. The third-order valence-electron chi connectivity index (χ3n) is 1.36. The minimum Gasteiger partial charge on any atom is -0.368 e. The maximum atomic E-state index is 10.7. The van der Waals surface area contributed by atoms with E-state index in [-0.39, 0.29) is 24.4 Å². The van der Waals surface area contributed by atoms with Gasteiger partial charge < -0.3 is 4.74 Å². The Morgan fingerprint density at radius 2 is 2.40 bits per heavy atom. The first-order valence-electron chi connectivity index (χ1n) is 2.96. The van der Waals surface area contributed by atoms with E-state index >= 15 is 0 Å². The van der Waals surface area contributed by atoms with Gasteiger partial charge in [-0.15, -0.1) is 12.4 Å². The molecule has 0 radical (unpaired) electrons. The highest BCUT2D eigenvalue weighted by molar-refractivity contribution is 5.85. The van der Waals surface area contributed by atoms with E-state index in [0.29, 0.717) is 6.61 Å². The van der Waals surface area contributed by atoms with Crippen molar-refractivity contribution in [3.8, 4) is 0 Å². The van der Waals surface area contributed by atoms with Crippen molar-refractivity contribution in [2.45, 2.75) is 18.9 Å². The highest BCUT2D eigenvalue weighted by Gasteiger charge is 2.21. The number of amides is 1. The van der Waals surface area contributed by atoms with Crippen LogP contribution in [0.25, 0.3) is 0 Å². The van der Waals surface area contributed by atoms with Gasteiger partial charge in [-0.05, 0) is 12.8 Å². The average Bonchev–Trinajstić information content (AvgIpc) is 2.37. The minimum atomic E-state index is -0.296. The Bertz CT molecular complexity index is 114. The Labute approximate surface area is 65.5 Å². The maximum absolute atomic E-state index is 10.7. The predicted octanol–water partition coefficient (Wildman–Crippen LogP) is -0.423. The standard InChI is InChI=1S/C5H10N2O2.ClH/c6-7-5(8)4-2-1-3-9-4;/h4H,1-3,6H2,(H,7,8);1H. The van der Waals surface area contributed by atoms with E-state index in [0.717, 1.165) is 12.8 Å². The molecule has 10 heavy (non-hydrogen) atoms. The molecule has 0 aromatic heterocycles. The topological polar surface area (TPSA) is 64.3 Å². The fraction of sp³-hybridized carbons (Fsp3) is 0.800. The summed E-state index contributed by atoms with van der Waals surface area (Å²) in [7, 11) is 0. The van der Waals surface area contributed by atoms with Gasteiger partial charge in [-0.2, -0.15) is 0 Å². The summed E-state index contributed by atoms with van der Waals surface area (Å²) in [5, 5.41) is 0. The molecular formula is C5H11ClN2O2. The van der Waals surface area contributed by atoms with Crippen molar-refractivity contribution in [1.29, 1.82) is 0 Å². The van der Waals surface area contributed by atoms with E-state index in [1.807, 2.05) is 5.43 Å². The van der Waals surface area contributed by atoms with E-state index < -0.39 is 0 Å². The second kappa shape index (κ2) is 4.49.